The molecule has 0 aliphatic carbocycles. The Morgan fingerprint density at radius 2 is 1.72 bits per heavy atom. The monoisotopic (exact) mass is 433 g/mol. The summed E-state index contributed by atoms with van der Waals surface area (Å²) in [7, 11) is 0. The minimum absolute atomic E-state index is 0.000990. The summed E-state index contributed by atoms with van der Waals surface area (Å²) < 4.78 is 0. The fourth-order valence-corrected chi connectivity index (χ4v) is 4.54. The second-order valence-corrected chi connectivity index (χ2v) is 9.18. The molecule has 1 atom stereocenters. The lowest BCUT2D eigenvalue weighted by Crippen LogP contribution is -2.50. The molecule has 168 valence electrons. The van der Waals surface area contributed by atoms with Crippen molar-refractivity contribution in [1.29, 1.82) is 0 Å². The molecule has 6 heteroatoms. The first kappa shape index (κ1) is 22.1. The van der Waals surface area contributed by atoms with E-state index in [1.54, 1.807) is 29.2 Å². The van der Waals surface area contributed by atoms with E-state index < -0.39 is 6.04 Å². The Morgan fingerprint density at radius 3 is 2.44 bits per heavy atom. The van der Waals surface area contributed by atoms with Crippen molar-refractivity contribution in [2.24, 2.45) is 5.92 Å². The van der Waals surface area contributed by atoms with Crippen LogP contribution in [0.25, 0.3) is 0 Å². The van der Waals surface area contributed by atoms with Gasteiger partial charge in [-0.05, 0) is 48.1 Å². The molecule has 0 radical (unpaired) electrons. The first-order chi connectivity index (χ1) is 15.4. The van der Waals surface area contributed by atoms with E-state index in [1.807, 2.05) is 43.0 Å². The van der Waals surface area contributed by atoms with Gasteiger partial charge in [0.15, 0.2) is 0 Å². The Morgan fingerprint density at radius 1 is 1.00 bits per heavy atom. The van der Waals surface area contributed by atoms with Crippen LogP contribution in [0.3, 0.4) is 0 Å². The predicted octanol–water partition coefficient (Wildman–Crippen LogP) is 3.86. The molecule has 32 heavy (non-hydrogen) atoms. The molecule has 4 rings (SSSR count). The molecule has 2 heterocycles. The van der Waals surface area contributed by atoms with Crippen molar-refractivity contribution >= 4 is 23.4 Å². The molecule has 2 aliphatic rings. The lowest BCUT2D eigenvalue weighted by molar-refractivity contribution is -0.140. The van der Waals surface area contributed by atoms with E-state index in [4.69, 9.17) is 0 Å². The van der Waals surface area contributed by atoms with Crippen molar-refractivity contribution in [3.05, 3.63) is 65.2 Å². The van der Waals surface area contributed by atoms with Gasteiger partial charge in [-0.15, -0.1) is 0 Å². The summed E-state index contributed by atoms with van der Waals surface area (Å²) in [5.74, 6) is -0.00871. The van der Waals surface area contributed by atoms with Crippen molar-refractivity contribution in [1.82, 2.24) is 9.80 Å². The van der Waals surface area contributed by atoms with Gasteiger partial charge >= 0.3 is 0 Å². The highest BCUT2D eigenvalue weighted by molar-refractivity contribution is 6.00. The van der Waals surface area contributed by atoms with Gasteiger partial charge in [-0.2, -0.15) is 0 Å². The van der Waals surface area contributed by atoms with E-state index in [-0.39, 0.29) is 23.6 Å². The Balaban J connectivity index is 1.53. The third-order valence-corrected chi connectivity index (χ3v) is 6.22. The van der Waals surface area contributed by atoms with Gasteiger partial charge in [0.05, 0.1) is 0 Å². The molecule has 3 amide bonds. The number of hydrogen-bond donors (Lipinski definition) is 1. The number of carbonyl (C=O) groups is 3. The molecule has 1 fully saturated rings. The number of fused-ring (bicyclic) bond motifs is 1. The Bertz CT molecular complexity index is 1010. The van der Waals surface area contributed by atoms with Crippen LogP contribution in [0.5, 0.6) is 0 Å². The molecule has 0 spiro atoms. The van der Waals surface area contributed by atoms with Crippen LogP contribution in [0.1, 0.15) is 54.6 Å². The van der Waals surface area contributed by atoms with Crippen molar-refractivity contribution in [2.75, 3.05) is 18.4 Å². The minimum atomic E-state index is -0.575. The molecule has 1 N–H and O–H groups in total. The number of rotatable bonds is 5. The average Bonchev–Trinajstić information content (AvgIpc) is 3.32. The molecule has 6 nitrogen and oxygen atoms in total. The fraction of sp³-hybridized carbons (Fsp3) is 0.423. The number of amides is 3. The summed E-state index contributed by atoms with van der Waals surface area (Å²) in [5, 5.41) is 2.96. The summed E-state index contributed by atoms with van der Waals surface area (Å²) in [6.07, 6.45) is 2.96. The lowest BCUT2D eigenvalue weighted by atomic mass is 9.92. The van der Waals surface area contributed by atoms with Crippen LogP contribution in [0.15, 0.2) is 48.5 Å². The van der Waals surface area contributed by atoms with Crippen LogP contribution < -0.4 is 5.32 Å². The summed E-state index contributed by atoms with van der Waals surface area (Å²) in [4.78, 5) is 42.6. The zero-order valence-electron chi connectivity index (χ0n) is 18.8. The highest BCUT2D eigenvalue weighted by atomic mass is 16.2. The zero-order valence-corrected chi connectivity index (χ0v) is 18.8. The molecule has 1 saturated heterocycles. The smallest absolute Gasteiger partial charge is 0.253 e. The van der Waals surface area contributed by atoms with Crippen molar-refractivity contribution < 1.29 is 14.4 Å². The van der Waals surface area contributed by atoms with Gasteiger partial charge in [-0.25, -0.2) is 0 Å². The summed E-state index contributed by atoms with van der Waals surface area (Å²) in [5.41, 5.74) is 3.34. The maximum Gasteiger partial charge on any atom is 0.253 e. The van der Waals surface area contributed by atoms with Gasteiger partial charge in [0, 0.05) is 43.7 Å². The lowest BCUT2D eigenvalue weighted by Gasteiger charge is -2.36. The third kappa shape index (κ3) is 4.85. The topological polar surface area (TPSA) is 69.7 Å². The maximum absolute atomic E-state index is 13.3. The summed E-state index contributed by atoms with van der Waals surface area (Å²) in [6.45, 7) is 6.02. The van der Waals surface area contributed by atoms with E-state index in [2.05, 4.69) is 5.32 Å². The molecule has 0 bridgehead atoms. The minimum Gasteiger partial charge on any atom is -0.339 e. The molecule has 2 aliphatic heterocycles. The first-order valence-electron chi connectivity index (χ1n) is 11.5. The van der Waals surface area contributed by atoms with Gasteiger partial charge < -0.3 is 15.1 Å². The van der Waals surface area contributed by atoms with E-state index in [1.165, 1.54) is 0 Å². The predicted molar refractivity (Wildman–Crippen MR) is 124 cm³/mol. The quantitative estimate of drug-likeness (QED) is 0.778. The van der Waals surface area contributed by atoms with Gasteiger partial charge in [-0.3, -0.25) is 14.4 Å². The normalized spacial score (nSPS) is 17.9. The van der Waals surface area contributed by atoms with Gasteiger partial charge in [-0.1, -0.05) is 44.2 Å². The van der Waals surface area contributed by atoms with E-state index in [0.717, 1.165) is 37.1 Å². The number of hydrogen-bond acceptors (Lipinski definition) is 3. The molecular weight excluding hydrogens is 402 g/mol. The zero-order chi connectivity index (χ0) is 22.7. The second kappa shape index (κ2) is 9.55. The molecular formula is C26H31N3O3. The number of benzene rings is 2. The SMILES string of the molecule is CC(C)CC(=O)N1Cc2ccccc2CC1C(=O)Nc1cccc(C(=O)N2CCCC2)c1. The van der Waals surface area contributed by atoms with Crippen LogP contribution in [0, 0.1) is 5.92 Å². The van der Waals surface area contributed by atoms with Crippen LogP contribution in [-0.4, -0.2) is 46.7 Å². The molecule has 0 saturated carbocycles. The molecule has 2 aromatic carbocycles. The largest absolute Gasteiger partial charge is 0.339 e. The standard InChI is InChI=1S/C26H31N3O3/c1-18(2)14-24(30)29-17-21-9-4-3-8-19(21)16-23(29)25(31)27-22-11-7-10-20(15-22)26(32)28-12-5-6-13-28/h3-4,7-11,15,18,23H,5-6,12-14,16-17H2,1-2H3,(H,27,31). The average molecular weight is 434 g/mol. The number of nitrogens with zero attached hydrogens (tertiary/aromatic N) is 2. The van der Waals surface area contributed by atoms with Crippen molar-refractivity contribution in [3.8, 4) is 0 Å². The van der Waals surface area contributed by atoms with E-state index >= 15 is 0 Å². The Hall–Kier alpha value is -3.15. The molecule has 2 aromatic rings. The molecule has 0 aromatic heterocycles. The number of likely N-dealkylation sites (tertiary alicyclic amines) is 1. The summed E-state index contributed by atoms with van der Waals surface area (Å²) >= 11 is 0. The highest BCUT2D eigenvalue weighted by Gasteiger charge is 2.34. The van der Waals surface area contributed by atoms with Gasteiger partial charge in [0.25, 0.3) is 5.91 Å². The third-order valence-electron chi connectivity index (χ3n) is 6.22. The number of carbonyl (C=O) groups excluding carboxylic acids is 3. The van der Waals surface area contributed by atoms with Gasteiger partial charge in [0.2, 0.25) is 11.8 Å². The highest BCUT2D eigenvalue weighted by Crippen LogP contribution is 2.26. The fourth-order valence-electron chi connectivity index (χ4n) is 4.54. The van der Waals surface area contributed by atoms with E-state index in [9.17, 15) is 14.4 Å². The van der Waals surface area contributed by atoms with Crippen LogP contribution in [0.4, 0.5) is 5.69 Å². The second-order valence-electron chi connectivity index (χ2n) is 9.18. The van der Waals surface area contributed by atoms with Gasteiger partial charge in [0.1, 0.15) is 6.04 Å². The first-order valence-corrected chi connectivity index (χ1v) is 11.5. The van der Waals surface area contributed by atoms with Crippen LogP contribution in [0.2, 0.25) is 0 Å². The number of nitrogens with one attached hydrogen (secondary N) is 1. The van der Waals surface area contributed by atoms with Crippen LogP contribution in [-0.2, 0) is 22.6 Å². The Labute approximate surface area is 189 Å². The summed E-state index contributed by atoms with van der Waals surface area (Å²) in [6, 6.07) is 14.5. The van der Waals surface area contributed by atoms with Crippen LogP contribution >= 0.6 is 0 Å². The maximum atomic E-state index is 13.3. The van der Waals surface area contributed by atoms with Crippen molar-refractivity contribution in [3.63, 3.8) is 0 Å². The Kier molecular flexibility index (Phi) is 6.58. The number of anilines is 1. The van der Waals surface area contributed by atoms with Crippen molar-refractivity contribution in [2.45, 2.75) is 52.1 Å². The molecule has 1 unspecified atom stereocenters. The van der Waals surface area contributed by atoms with E-state index in [0.29, 0.717) is 30.6 Å².